The Balaban J connectivity index is 6.81. The van der Waals surface area contributed by atoms with E-state index in [1.54, 1.807) is 55.4 Å². The summed E-state index contributed by atoms with van der Waals surface area (Å²) in [4.78, 5) is 67.8. The molecule has 13 heteroatoms. The third-order valence-corrected chi connectivity index (χ3v) is 9.84. The molecule has 0 rings (SSSR count). The van der Waals surface area contributed by atoms with Crippen LogP contribution in [0.3, 0.4) is 0 Å². The second-order valence-electron chi connectivity index (χ2n) is 16.9. The third kappa shape index (κ3) is 12.8. The van der Waals surface area contributed by atoms with Crippen molar-refractivity contribution in [3.8, 4) is 0 Å². The number of esters is 3. The topological polar surface area (TPSA) is 137 Å². The van der Waals surface area contributed by atoms with Crippen molar-refractivity contribution in [3.05, 3.63) is 0 Å². The van der Waals surface area contributed by atoms with Gasteiger partial charge >= 0.3 is 24.1 Å². The van der Waals surface area contributed by atoms with Crippen LogP contribution in [0.1, 0.15) is 143 Å². The second-order valence-corrected chi connectivity index (χ2v) is 16.9. The maximum Gasteiger partial charge on any atom is 0.417 e. The molecule has 0 spiro atoms. The molecule has 0 aromatic rings. The van der Waals surface area contributed by atoms with Crippen molar-refractivity contribution in [1.82, 2.24) is 4.90 Å². The van der Waals surface area contributed by atoms with Gasteiger partial charge in [-0.3, -0.25) is 28.9 Å². The normalized spacial score (nSPS) is 18.2. The van der Waals surface area contributed by atoms with Crippen molar-refractivity contribution in [2.45, 2.75) is 179 Å². The Morgan fingerprint density at radius 2 is 1.24 bits per heavy atom. The highest BCUT2D eigenvalue weighted by atomic mass is 19.4. The van der Waals surface area contributed by atoms with Gasteiger partial charge in [0.25, 0.3) is 5.91 Å². The molecule has 292 valence electrons. The van der Waals surface area contributed by atoms with Crippen molar-refractivity contribution < 1.29 is 56.5 Å². The summed E-state index contributed by atoms with van der Waals surface area (Å²) >= 11 is 0. The summed E-state index contributed by atoms with van der Waals surface area (Å²) in [6, 6.07) is -0.524. The summed E-state index contributed by atoms with van der Waals surface area (Å²) in [5.41, 5.74) is -7.58. The van der Waals surface area contributed by atoms with E-state index in [9.17, 15) is 42.3 Å². The molecule has 6 unspecified atom stereocenters. The maximum absolute atomic E-state index is 14.1. The number of hydrogen-bond acceptors (Lipinski definition) is 9. The molecule has 0 fully saturated rings. The van der Waals surface area contributed by atoms with E-state index in [4.69, 9.17) is 14.2 Å². The van der Waals surface area contributed by atoms with Gasteiger partial charge in [0.1, 0.15) is 11.7 Å². The predicted molar refractivity (Wildman–Crippen MR) is 183 cm³/mol. The molecule has 10 nitrogen and oxygen atoms in total. The van der Waals surface area contributed by atoms with E-state index >= 15 is 0 Å². The van der Waals surface area contributed by atoms with Crippen LogP contribution in [0.25, 0.3) is 0 Å². The molecule has 0 bridgehead atoms. The van der Waals surface area contributed by atoms with Crippen LogP contribution in [0.15, 0.2) is 0 Å². The number of hydrogen-bond donors (Lipinski definition) is 1. The van der Waals surface area contributed by atoms with Gasteiger partial charge in [-0.1, -0.05) is 48.5 Å². The highest BCUT2D eigenvalue weighted by Crippen LogP contribution is 2.45. The van der Waals surface area contributed by atoms with Gasteiger partial charge in [-0.05, 0) is 87.0 Å². The third-order valence-electron chi connectivity index (χ3n) is 9.84. The van der Waals surface area contributed by atoms with Crippen molar-refractivity contribution in [3.63, 3.8) is 0 Å². The Hall–Kier alpha value is -2.70. The lowest BCUT2D eigenvalue weighted by molar-refractivity contribution is -0.262. The Bertz CT molecular complexity index is 1210. The van der Waals surface area contributed by atoms with E-state index in [0.717, 1.165) is 4.90 Å². The Morgan fingerprint density at radius 1 is 0.760 bits per heavy atom. The average molecular weight is 724 g/mol. The van der Waals surface area contributed by atoms with Gasteiger partial charge in [-0.15, -0.1) is 0 Å². The first-order valence-electron chi connectivity index (χ1n) is 17.5. The van der Waals surface area contributed by atoms with Crippen molar-refractivity contribution in [2.75, 3.05) is 0 Å². The van der Waals surface area contributed by atoms with Gasteiger partial charge in [0.05, 0.1) is 16.7 Å². The minimum Gasteiger partial charge on any atom is -0.462 e. The number of carbonyl (C=O) groups excluding carboxylic acids is 5. The SMILES string of the molecule is CCC(C)(CC(C)(CC(C)C(=O)OC(C)(C)C(C)(C)C)C(=O)OC(C)C(=O)N(C(C)=O)C(C)C)C(=O)OC(CC(C)C)CC(C)(O)C(F)(F)F. The van der Waals surface area contributed by atoms with Crippen LogP contribution in [0.4, 0.5) is 13.2 Å². The summed E-state index contributed by atoms with van der Waals surface area (Å²) in [5, 5.41) is 10.2. The summed E-state index contributed by atoms with van der Waals surface area (Å²) in [6.07, 6.45) is -8.93. The number of amides is 2. The molecular formula is C37H64F3NO9. The van der Waals surface area contributed by atoms with E-state index in [1.807, 2.05) is 20.8 Å². The lowest BCUT2D eigenvalue weighted by Gasteiger charge is -2.41. The van der Waals surface area contributed by atoms with Crippen LogP contribution in [0.5, 0.6) is 0 Å². The molecule has 0 aliphatic heterocycles. The number of alkyl halides is 3. The molecule has 6 atom stereocenters. The summed E-state index contributed by atoms with van der Waals surface area (Å²) in [6.45, 7) is 25.4. The molecule has 0 saturated heterocycles. The summed E-state index contributed by atoms with van der Waals surface area (Å²) in [5.74, 6) is -4.82. The maximum atomic E-state index is 14.1. The largest absolute Gasteiger partial charge is 0.462 e. The molecule has 0 aliphatic carbocycles. The van der Waals surface area contributed by atoms with Gasteiger partial charge in [-0.25, -0.2) is 0 Å². The molecule has 2 amide bonds. The Morgan fingerprint density at radius 3 is 1.62 bits per heavy atom. The molecule has 0 heterocycles. The first-order chi connectivity index (χ1) is 22.2. The van der Waals surface area contributed by atoms with E-state index in [-0.39, 0.29) is 31.6 Å². The quantitative estimate of drug-likeness (QED) is 0.119. The minimum absolute atomic E-state index is 0.0334. The van der Waals surface area contributed by atoms with Crippen LogP contribution in [0.2, 0.25) is 0 Å². The number of rotatable bonds is 17. The zero-order valence-corrected chi connectivity index (χ0v) is 33.2. The van der Waals surface area contributed by atoms with Gasteiger partial charge < -0.3 is 19.3 Å². The number of aliphatic hydroxyl groups is 1. The number of imide groups is 1. The number of ether oxygens (including phenoxy) is 3. The molecule has 0 saturated carbocycles. The van der Waals surface area contributed by atoms with Gasteiger partial charge in [0.15, 0.2) is 11.7 Å². The van der Waals surface area contributed by atoms with E-state index in [0.29, 0.717) is 6.92 Å². The molecule has 1 N–H and O–H groups in total. The first-order valence-corrected chi connectivity index (χ1v) is 17.5. The smallest absolute Gasteiger partial charge is 0.417 e. The zero-order chi connectivity index (χ0) is 40.0. The minimum atomic E-state index is -4.97. The zero-order valence-electron chi connectivity index (χ0n) is 33.2. The first kappa shape index (κ1) is 47.3. The van der Waals surface area contributed by atoms with E-state index < -0.39 is 93.9 Å². The number of carbonyl (C=O) groups is 5. The predicted octanol–water partition coefficient (Wildman–Crippen LogP) is 7.57. The monoisotopic (exact) mass is 723 g/mol. The molecule has 0 aromatic heterocycles. The molecule has 50 heavy (non-hydrogen) atoms. The van der Waals surface area contributed by atoms with E-state index in [1.165, 1.54) is 27.7 Å². The Labute approximate surface area is 297 Å². The fourth-order valence-electron chi connectivity index (χ4n) is 5.57. The van der Waals surface area contributed by atoms with Gasteiger partial charge in [0.2, 0.25) is 5.91 Å². The molecule has 0 aliphatic rings. The molecule has 0 aromatic carbocycles. The highest BCUT2D eigenvalue weighted by Gasteiger charge is 2.53. The van der Waals surface area contributed by atoms with Gasteiger partial charge in [-0.2, -0.15) is 13.2 Å². The van der Waals surface area contributed by atoms with Crippen LogP contribution < -0.4 is 0 Å². The second kappa shape index (κ2) is 17.2. The molecule has 0 radical (unpaired) electrons. The van der Waals surface area contributed by atoms with Crippen LogP contribution in [0, 0.1) is 28.1 Å². The van der Waals surface area contributed by atoms with Crippen molar-refractivity contribution >= 4 is 29.7 Å². The fourth-order valence-corrected chi connectivity index (χ4v) is 5.57. The van der Waals surface area contributed by atoms with Crippen molar-refractivity contribution in [2.24, 2.45) is 28.1 Å². The lowest BCUT2D eigenvalue weighted by atomic mass is 9.68. The standard InChI is InChI=1S/C37H64F3NO9/c1-17-34(14,30(45)49-27(18-22(2)3)20-36(16,47)37(38,39)40)21-35(15,19-24(6)29(44)50-33(12,13)32(9,10)11)31(46)48-25(7)28(43)41(23(4)5)26(8)42/h22-25,27,47H,17-21H2,1-16H3. The Kier molecular flexibility index (Phi) is 16.3. The lowest BCUT2D eigenvalue weighted by Crippen LogP contribution is -2.49. The summed E-state index contributed by atoms with van der Waals surface area (Å²) in [7, 11) is 0. The highest BCUT2D eigenvalue weighted by molar-refractivity contribution is 5.97. The number of halogens is 3. The molecular weight excluding hydrogens is 659 g/mol. The van der Waals surface area contributed by atoms with Gasteiger partial charge in [0, 0.05) is 24.8 Å². The van der Waals surface area contributed by atoms with Crippen LogP contribution >= 0.6 is 0 Å². The number of nitrogens with zero attached hydrogens (tertiary/aromatic N) is 1. The fraction of sp³-hybridized carbons (Fsp3) is 0.865. The van der Waals surface area contributed by atoms with Crippen molar-refractivity contribution in [1.29, 1.82) is 0 Å². The van der Waals surface area contributed by atoms with Crippen LogP contribution in [-0.4, -0.2) is 75.4 Å². The average Bonchev–Trinajstić information content (AvgIpc) is 2.89. The van der Waals surface area contributed by atoms with E-state index in [2.05, 4.69) is 0 Å². The summed E-state index contributed by atoms with van der Waals surface area (Å²) < 4.78 is 58.0. The van der Waals surface area contributed by atoms with Crippen LogP contribution in [-0.2, 0) is 38.2 Å².